The van der Waals surface area contributed by atoms with Crippen LogP contribution in [0.4, 0.5) is 4.79 Å². The van der Waals surface area contributed by atoms with Crippen molar-refractivity contribution in [3.8, 4) is 33.6 Å². The summed E-state index contributed by atoms with van der Waals surface area (Å²) in [6, 6.07) is 24.0. The van der Waals surface area contributed by atoms with Crippen molar-refractivity contribution in [3.05, 3.63) is 127 Å². The van der Waals surface area contributed by atoms with Crippen molar-refractivity contribution < 1.29 is 19.5 Å². The molecule has 2 fully saturated rings. The summed E-state index contributed by atoms with van der Waals surface area (Å²) in [4.78, 5) is 65.0. The predicted octanol–water partition coefficient (Wildman–Crippen LogP) is 6.51. The molecule has 13 heteroatoms. The molecule has 3 aromatic carbocycles. The molecule has 5 heterocycles. The van der Waals surface area contributed by atoms with E-state index in [9.17, 15) is 19.5 Å². The molecule has 0 unspecified atom stereocenters. The van der Waals surface area contributed by atoms with Crippen LogP contribution in [0, 0.1) is 0 Å². The molecule has 0 bridgehead atoms. The minimum Gasteiger partial charge on any atom is -0.465 e. The van der Waals surface area contributed by atoms with Gasteiger partial charge in [-0.2, -0.15) is 0 Å². The van der Waals surface area contributed by atoms with Gasteiger partial charge in [-0.1, -0.05) is 78.9 Å². The van der Waals surface area contributed by atoms with Gasteiger partial charge in [0.25, 0.3) is 11.8 Å². The van der Waals surface area contributed by atoms with Crippen LogP contribution in [-0.4, -0.2) is 75.8 Å². The first kappa shape index (κ1) is 32.7. The molecule has 262 valence electrons. The lowest BCUT2D eigenvalue weighted by molar-refractivity contribution is -0.134. The highest BCUT2D eigenvalue weighted by atomic mass is 16.4. The summed E-state index contributed by atoms with van der Waals surface area (Å²) in [5.41, 5.74) is 6.40. The summed E-state index contributed by atoms with van der Waals surface area (Å²) < 4.78 is 0. The number of hydrogen-bond donors (Lipinski definition) is 5. The van der Waals surface area contributed by atoms with Crippen LogP contribution in [0.15, 0.2) is 104 Å². The highest BCUT2D eigenvalue weighted by Crippen LogP contribution is 2.35. The second-order valence-corrected chi connectivity index (χ2v) is 13.1. The maximum Gasteiger partial charge on any atom is 0.405 e. The van der Waals surface area contributed by atoms with Gasteiger partial charge >= 0.3 is 6.09 Å². The Morgan fingerprint density at radius 2 is 1.25 bits per heavy atom. The van der Waals surface area contributed by atoms with E-state index in [1.807, 2.05) is 29.3 Å². The minimum atomic E-state index is -1.25. The number of aromatic nitrogens is 6. The van der Waals surface area contributed by atoms with Crippen LogP contribution in [0.3, 0.4) is 0 Å². The molecule has 13 nitrogen and oxygen atoms in total. The number of nitrogens with zero attached hydrogens (tertiary/aromatic N) is 5. The molecule has 0 radical (unpaired) electrons. The molecule has 0 aliphatic carbocycles. The number of amides is 3. The topological polar surface area (TPSA) is 176 Å². The van der Waals surface area contributed by atoms with Crippen LogP contribution in [-0.2, 0) is 4.79 Å². The number of likely N-dealkylation sites (tertiary alicyclic amines) is 2. The Hall–Kier alpha value is -6.50. The number of aromatic amines is 3. The molecule has 3 aromatic heterocycles. The highest BCUT2D eigenvalue weighted by molar-refractivity contribution is 5.91. The van der Waals surface area contributed by atoms with Crippen molar-refractivity contribution in [2.24, 2.45) is 0 Å². The molecule has 2 aliphatic heterocycles. The maximum atomic E-state index is 13.7. The molecule has 2 saturated heterocycles. The third-order valence-corrected chi connectivity index (χ3v) is 9.95. The number of hydrogen-bond acceptors (Lipinski definition) is 6. The maximum absolute atomic E-state index is 13.7. The molecule has 6 aromatic rings. The van der Waals surface area contributed by atoms with Gasteiger partial charge in [0.2, 0.25) is 0 Å². The number of benzene rings is 3. The molecule has 3 atom stereocenters. The van der Waals surface area contributed by atoms with E-state index in [1.165, 1.54) is 0 Å². The van der Waals surface area contributed by atoms with E-state index in [4.69, 9.17) is 0 Å². The summed E-state index contributed by atoms with van der Waals surface area (Å²) in [5, 5.41) is 11.9. The number of carbonyl (C=O) groups is 3. The van der Waals surface area contributed by atoms with Gasteiger partial charge in [-0.05, 0) is 53.5 Å². The minimum absolute atomic E-state index is 0.120. The summed E-state index contributed by atoms with van der Waals surface area (Å²) in [6.07, 6.45) is 8.86. The Balaban J connectivity index is 0.936. The zero-order valence-corrected chi connectivity index (χ0v) is 28.2. The SMILES string of the molecule is O=C(O)N[C@@H](C(=O)N1CCC[C@H]1c1ncc(-c2ccc(-c3ccc(-c4cnc([C@@H]5CCCN5C(=O)c5ncc[nH]5)[nH]4)cc3)cc2)[nH]1)c1ccccc1. The van der Waals surface area contributed by atoms with Crippen molar-refractivity contribution >= 4 is 17.9 Å². The number of carbonyl (C=O) groups excluding carboxylic acids is 2. The molecule has 52 heavy (non-hydrogen) atoms. The first-order valence-electron chi connectivity index (χ1n) is 17.4. The van der Waals surface area contributed by atoms with Crippen LogP contribution >= 0.6 is 0 Å². The molecule has 8 rings (SSSR count). The van der Waals surface area contributed by atoms with Gasteiger partial charge in [-0.3, -0.25) is 9.59 Å². The first-order valence-corrected chi connectivity index (χ1v) is 17.4. The monoisotopic (exact) mass is 695 g/mol. The second kappa shape index (κ2) is 14.0. The molecular weight excluding hydrogens is 658 g/mol. The van der Waals surface area contributed by atoms with Gasteiger partial charge < -0.3 is 35.2 Å². The third-order valence-electron chi connectivity index (χ3n) is 9.95. The molecule has 0 saturated carbocycles. The van der Waals surface area contributed by atoms with E-state index < -0.39 is 12.1 Å². The summed E-state index contributed by atoms with van der Waals surface area (Å²) in [7, 11) is 0. The lowest BCUT2D eigenvalue weighted by atomic mass is 10.0. The van der Waals surface area contributed by atoms with Crippen LogP contribution in [0.25, 0.3) is 33.6 Å². The van der Waals surface area contributed by atoms with Gasteiger partial charge in [0.05, 0.1) is 35.9 Å². The number of carboxylic acid groups (broad SMARTS) is 1. The van der Waals surface area contributed by atoms with Gasteiger partial charge in [0.1, 0.15) is 17.7 Å². The van der Waals surface area contributed by atoms with Crippen molar-refractivity contribution in [2.45, 2.75) is 43.8 Å². The molecule has 0 spiro atoms. The van der Waals surface area contributed by atoms with E-state index in [0.29, 0.717) is 30.3 Å². The molecule has 2 aliphatic rings. The summed E-state index contributed by atoms with van der Waals surface area (Å²) in [5.74, 6) is 1.37. The van der Waals surface area contributed by atoms with Crippen LogP contribution in [0.1, 0.15) is 71.6 Å². The summed E-state index contributed by atoms with van der Waals surface area (Å²) >= 11 is 0. The van der Waals surface area contributed by atoms with Gasteiger partial charge in [-0.25, -0.2) is 19.7 Å². The smallest absolute Gasteiger partial charge is 0.405 e. The van der Waals surface area contributed by atoms with E-state index >= 15 is 0 Å². The fourth-order valence-corrected chi connectivity index (χ4v) is 7.34. The lowest BCUT2D eigenvalue weighted by Crippen LogP contribution is -2.42. The standard InChI is InChI=1S/C39H37N9O4/c49-37(33(46-39(51)52)28-6-2-1-3-7-28)47-20-4-8-31(47)34-42-22-29(44-34)26-14-10-24(11-15-26)25-12-16-27(17-13-25)30-23-43-35(45-30)32-9-5-21-48(32)38(50)36-40-18-19-41-36/h1-3,6-7,10-19,22-23,31-33,46H,4-5,8-9,20-21H2,(H,40,41)(H,42,44)(H,43,45)(H,51,52)/t31-,32-,33+/m0/s1. The molecule has 3 amide bonds. The zero-order chi connectivity index (χ0) is 35.6. The molecular formula is C39H37N9O4. The van der Waals surface area contributed by atoms with E-state index in [0.717, 1.165) is 65.1 Å². The van der Waals surface area contributed by atoms with Crippen molar-refractivity contribution in [2.75, 3.05) is 13.1 Å². The average molecular weight is 696 g/mol. The quantitative estimate of drug-likeness (QED) is 0.115. The van der Waals surface area contributed by atoms with Crippen LogP contribution in [0.2, 0.25) is 0 Å². The van der Waals surface area contributed by atoms with Crippen molar-refractivity contribution in [1.82, 2.24) is 45.0 Å². The predicted molar refractivity (Wildman–Crippen MR) is 193 cm³/mol. The van der Waals surface area contributed by atoms with Crippen molar-refractivity contribution in [3.63, 3.8) is 0 Å². The summed E-state index contributed by atoms with van der Waals surface area (Å²) in [6.45, 7) is 1.19. The van der Waals surface area contributed by atoms with Crippen molar-refractivity contribution in [1.29, 1.82) is 0 Å². The van der Waals surface area contributed by atoms with E-state index in [1.54, 1.807) is 47.8 Å². The van der Waals surface area contributed by atoms with Gasteiger partial charge in [0, 0.05) is 25.5 Å². The highest BCUT2D eigenvalue weighted by Gasteiger charge is 2.37. The Kier molecular flexibility index (Phi) is 8.81. The van der Waals surface area contributed by atoms with Crippen LogP contribution < -0.4 is 5.32 Å². The third kappa shape index (κ3) is 6.43. The average Bonchev–Trinajstić information content (AvgIpc) is 4.03. The zero-order valence-electron chi connectivity index (χ0n) is 28.2. The Bertz CT molecular complexity index is 2180. The largest absolute Gasteiger partial charge is 0.465 e. The van der Waals surface area contributed by atoms with Gasteiger partial charge in [-0.15, -0.1) is 0 Å². The van der Waals surface area contributed by atoms with Gasteiger partial charge in [0.15, 0.2) is 5.82 Å². The normalized spacial score (nSPS) is 17.7. The number of nitrogens with one attached hydrogen (secondary N) is 4. The fraction of sp³-hybridized carbons (Fsp3) is 0.231. The van der Waals surface area contributed by atoms with E-state index in [-0.39, 0.29) is 23.9 Å². The fourth-order valence-electron chi connectivity index (χ4n) is 7.34. The Labute approximate surface area is 299 Å². The first-order chi connectivity index (χ1) is 25.4. The van der Waals surface area contributed by atoms with E-state index in [2.05, 4.69) is 71.6 Å². The second-order valence-electron chi connectivity index (χ2n) is 13.1. The number of H-pyrrole nitrogens is 3. The van der Waals surface area contributed by atoms with Crippen LogP contribution in [0.5, 0.6) is 0 Å². The number of rotatable bonds is 9. The lowest BCUT2D eigenvalue weighted by Gasteiger charge is -2.28. The Morgan fingerprint density at radius 1 is 0.712 bits per heavy atom. The molecule has 5 N–H and O–H groups in total. The Morgan fingerprint density at radius 3 is 1.79 bits per heavy atom. The number of imidazole rings is 3.